The van der Waals surface area contributed by atoms with Gasteiger partial charge in [0, 0.05) is 18.2 Å². The predicted octanol–water partition coefficient (Wildman–Crippen LogP) is 3.50. The van der Waals surface area contributed by atoms with Gasteiger partial charge in [-0.05, 0) is 51.8 Å². The summed E-state index contributed by atoms with van der Waals surface area (Å²) in [6.07, 6.45) is 1.38. The monoisotopic (exact) mass is 533 g/mol. The molecule has 2 rings (SSSR count). The van der Waals surface area contributed by atoms with Gasteiger partial charge >= 0.3 is 0 Å². The Kier molecular flexibility index (Phi) is 9.97. The van der Waals surface area contributed by atoms with Crippen LogP contribution in [0.1, 0.15) is 45.2 Å². The van der Waals surface area contributed by atoms with E-state index in [-0.39, 0.29) is 23.9 Å². The molecule has 0 aromatic heterocycles. The van der Waals surface area contributed by atoms with E-state index in [1.165, 1.54) is 25.2 Å². The molecule has 204 valence electrons. The maximum atomic E-state index is 13.8. The molecule has 1 N–H and O–H groups in total. The van der Waals surface area contributed by atoms with Crippen molar-refractivity contribution in [3.05, 3.63) is 53.6 Å². The summed E-state index contributed by atoms with van der Waals surface area (Å²) in [6, 6.07) is 11.5. The van der Waals surface area contributed by atoms with Crippen LogP contribution in [0.4, 0.5) is 5.69 Å². The Bertz CT molecular complexity index is 1190. The summed E-state index contributed by atoms with van der Waals surface area (Å²) >= 11 is 0. The minimum Gasteiger partial charge on any atom is -0.497 e. The Labute approximate surface area is 220 Å². The van der Waals surface area contributed by atoms with Gasteiger partial charge in [0.05, 0.1) is 26.2 Å². The summed E-state index contributed by atoms with van der Waals surface area (Å²) in [5.41, 5.74) is 1.59. The standard InChI is InChI=1S/C27H39N3O6S/c1-9-22(26(32)28-27(3,4)5)29(17-20-12-10-19(2)11-13-20)25(31)18-30(37(8,33)34)23-15-14-21(35-6)16-24(23)36-7/h10-16,22H,9,17-18H2,1-8H3,(H,28,32). The number of aryl methyl sites for hydroxylation is 1. The predicted molar refractivity (Wildman–Crippen MR) is 145 cm³/mol. The molecule has 0 aliphatic rings. The second-order valence-electron chi connectivity index (χ2n) is 9.98. The molecule has 10 heteroatoms. The molecule has 1 unspecified atom stereocenters. The van der Waals surface area contributed by atoms with Gasteiger partial charge in [-0.1, -0.05) is 36.8 Å². The van der Waals surface area contributed by atoms with Gasteiger partial charge in [-0.15, -0.1) is 0 Å². The third-order valence-corrected chi connectivity index (χ3v) is 6.82. The van der Waals surface area contributed by atoms with Crippen molar-refractivity contribution in [1.82, 2.24) is 10.2 Å². The van der Waals surface area contributed by atoms with E-state index in [1.807, 2.05) is 58.9 Å². The molecular formula is C27H39N3O6S. The van der Waals surface area contributed by atoms with Crippen molar-refractivity contribution < 1.29 is 27.5 Å². The highest BCUT2D eigenvalue weighted by molar-refractivity contribution is 7.92. The highest BCUT2D eigenvalue weighted by Crippen LogP contribution is 2.33. The van der Waals surface area contributed by atoms with Gasteiger partial charge in [0.25, 0.3) is 0 Å². The molecule has 2 aromatic carbocycles. The van der Waals surface area contributed by atoms with E-state index in [2.05, 4.69) is 5.32 Å². The molecule has 1 atom stereocenters. The smallest absolute Gasteiger partial charge is 0.244 e. The first kappa shape index (κ1) is 30.0. The Morgan fingerprint density at radius 2 is 1.65 bits per heavy atom. The number of nitrogens with one attached hydrogen (secondary N) is 1. The molecule has 2 aromatic rings. The zero-order valence-electron chi connectivity index (χ0n) is 23.0. The van der Waals surface area contributed by atoms with Crippen molar-refractivity contribution in [3.63, 3.8) is 0 Å². The Balaban J connectivity index is 2.52. The van der Waals surface area contributed by atoms with Crippen LogP contribution >= 0.6 is 0 Å². The molecule has 37 heavy (non-hydrogen) atoms. The van der Waals surface area contributed by atoms with Gasteiger partial charge in [-0.2, -0.15) is 0 Å². The normalized spacial score (nSPS) is 12.4. The quantitative estimate of drug-likeness (QED) is 0.474. The lowest BCUT2D eigenvalue weighted by atomic mass is 10.1. The van der Waals surface area contributed by atoms with Gasteiger partial charge in [0.1, 0.15) is 24.1 Å². The fourth-order valence-electron chi connectivity index (χ4n) is 3.85. The molecule has 0 heterocycles. The van der Waals surface area contributed by atoms with Crippen LogP contribution in [-0.4, -0.2) is 63.7 Å². The lowest BCUT2D eigenvalue weighted by molar-refractivity contribution is -0.141. The van der Waals surface area contributed by atoms with E-state index in [1.54, 1.807) is 12.1 Å². The summed E-state index contributed by atoms with van der Waals surface area (Å²) in [7, 11) is -0.994. The highest BCUT2D eigenvalue weighted by atomic mass is 32.2. The lowest BCUT2D eigenvalue weighted by Gasteiger charge is -2.34. The van der Waals surface area contributed by atoms with Gasteiger partial charge in [0.15, 0.2) is 0 Å². The van der Waals surface area contributed by atoms with Crippen molar-refractivity contribution in [1.29, 1.82) is 0 Å². The molecule has 0 aliphatic heterocycles. The summed E-state index contributed by atoms with van der Waals surface area (Å²) in [5.74, 6) is -0.102. The molecule has 2 amide bonds. The van der Waals surface area contributed by atoms with Crippen LogP contribution < -0.4 is 19.1 Å². The summed E-state index contributed by atoms with van der Waals surface area (Å²) in [4.78, 5) is 28.5. The molecule has 0 aliphatic carbocycles. The molecule has 0 saturated carbocycles. The lowest BCUT2D eigenvalue weighted by Crippen LogP contribution is -2.55. The number of carbonyl (C=O) groups excluding carboxylic acids is 2. The van der Waals surface area contributed by atoms with Crippen LogP contribution in [0.25, 0.3) is 0 Å². The van der Waals surface area contributed by atoms with Gasteiger partial charge in [-0.25, -0.2) is 8.42 Å². The maximum Gasteiger partial charge on any atom is 0.244 e. The number of hydrogen-bond donors (Lipinski definition) is 1. The van der Waals surface area contributed by atoms with Crippen molar-refractivity contribution in [2.45, 2.75) is 59.2 Å². The first-order valence-corrected chi connectivity index (χ1v) is 13.9. The Morgan fingerprint density at radius 3 is 2.14 bits per heavy atom. The number of benzene rings is 2. The van der Waals surface area contributed by atoms with E-state index >= 15 is 0 Å². The fraction of sp³-hybridized carbons (Fsp3) is 0.481. The molecule has 0 radical (unpaired) electrons. The molecule has 0 spiro atoms. The number of ether oxygens (including phenoxy) is 2. The van der Waals surface area contributed by atoms with E-state index < -0.39 is 34.1 Å². The van der Waals surface area contributed by atoms with Crippen LogP contribution in [0, 0.1) is 6.92 Å². The SMILES string of the molecule is CCC(C(=O)NC(C)(C)C)N(Cc1ccc(C)cc1)C(=O)CN(c1ccc(OC)cc1OC)S(C)(=O)=O. The summed E-state index contributed by atoms with van der Waals surface area (Å²) in [6.45, 7) is 9.02. The van der Waals surface area contributed by atoms with E-state index in [0.717, 1.165) is 21.7 Å². The van der Waals surface area contributed by atoms with E-state index in [0.29, 0.717) is 12.2 Å². The molecular weight excluding hydrogens is 494 g/mol. The Hall–Kier alpha value is -3.27. The van der Waals surface area contributed by atoms with E-state index in [9.17, 15) is 18.0 Å². The first-order chi connectivity index (χ1) is 17.2. The summed E-state index contributed by atoms with van der Waals surface area (Å²) in [5, 5.41) is 2.95. The number of anilines is 1. The van der Waals surface area contributed by atoms with Crippen molar-refractivity contribution in [2.24, 2.45) is 0 Å². The Morgan fingerprint density at radius 1 is 1.03 bits per heavy atom. The van der Waals surface area contributed by atoms with Crippen molar-refractivity contribution in [3.8, 4) is 11.5 Å². The number of rotatable bonds is 11. The second kappa shape index (κ2) is 12.3. The second-order valence-corrected chi connectivity index (χ2v) is 11.9. The maximum absolute atomic E-state index is 13.8. The van der Waals surface area contributed by atoms with Crippen LogP contribution in [0.15, 0.2) is 42.5 Å². The molecule has 0 bridgehead atoms. The molecule has 0 fully saturated rings. The fourth-order valence-corrected chi connectivity index (χ4v) is 4.70. The van der Waals surface area contributed by atoms with Crippen molar-refractivity contribution >= 4 is 27.5 Å². The number of methoxy groups -OCH3 is 2. The highest BCUT2D eigenvalue weighted by Gasteiger charge is 2.33. The topological polar surface area (TPSA) is 105 Å². The van der Waals surface area contributed by atoms with Gasteiger partial charge in [-0.3, -0.25) is 13.9 Å². The number of hydrogen-bond acceptors (Lipinski definition) is 6. The van der Waals surface area contributed by atoms with Crippen molar-refractivity contribution in [2.75, 3.05) is 31.3 Å². The minimum absolute atomic E-state index is 0.145. The number of nitrogens with zero attached hydrogens (tertiary/aromatic N) is 2. The van der Waals surface area contributed by atoms with Crippen LogP contribution in [-0.2, 0) is 26.2 Å². The number of sulfonamides is 1. The van der Waals surface area contributed by atoms with Crippen LogP contribution in [0.2, 0.25) is 0 Å². The van der Waals surface area contributed by atoms with Crippen LogP contribution in [0.5, 0.6) is 11.5 Å². The zero-order chi connectivity index (χ0) is 28.0. The van der Waals surface area contributed by atoms with Gasteiger partial charge < -0.3 is 19.7 Å². The van der Waals surface area contributed by atoms with Crippen LogP contribution in [0.3, 0.4) is 0 Å². The summed E-state index contributed by atoms with van der Waals surface area (Å²) < 4.78 is 37.3. The minimum atomic E-state index is -3.89. The number of carbonyl (C=O) groups is 2. The molecule has 0 saturated heterocycles. The zero-order valence-corrected chi connectivity index (χ0v) is 23.8. The van der Waals surface area contributed by atoms with E-state index in [4.69, 9.17) is 9.47 Å². The molecule has 9 nitrogen and oxygen atoms in total. The average molecular weight is 534 g/mol. The first-order valence-electron chi connectivity index (χ1n) is 12.1. The average Bonchev–Trinajstić information content (AvgIpc) is 2.81. The third-order valence-electron chi connectivity index (χ3n) is 5.69. The van der Waals surface area contributed by atoms with Gasteiger partial charge in [0.2, 0.25) is 21.8 Å². The third kappa shape index (κ3) is 8.38. The largest absolute Gasteiger partial charge is 0.497 e. The number of amides is 2.